The summed E-state index contributed by atoms with van der Waals surface area (Å²) < 4.78 is 0. The fraction of sp³-hybridized carbons (Fsp3) is 0.259. The summed E-state index contributed by atoms with van der Waals surface area (Å²) >= 11 is 0. The Morgan fingerprint density at radius 2 is 1.65 bits per heavy atom. The molecule has 1 unspecified atom stereocenters. The molecule has 4 nitrogen and oxygen atoms in total. The predicted molar refractivity (Wildman–Crippen MR) is 126 cm³/mol. The van der Waals surface area contributed by atoms with Gasteiger partial charge in [-0.05, 0) is 69.0 Å². The largest absolute Gasteiger partial charge is 0.321 e. The van der Waals surface area contributed by atoms with Gasteiger partial charge in [0.2, 0.25) is 0 Å². The van der Waals surface area contributed by atoms with Crippen LogP contribution in [-0.4, -0.2) is 17.4 Å². The summed E-state index contributed by atoms with van der Waals surface area (Å²) in [6.45, 7) is 8.51. The molecule has 4 heteroatoms. The molecule has 0 aliphatic carbocycles. The topological polar surface area (TPSA) is 49.4 Å². The van der Waals surface area contributed by atoms with Crippen molar-refractivity contribution in [1.82, 2.24) is 0 Å². The van der Waals surface area contributed by atoms with E-state index in [0.29, 0.717) is 22.7 Å². The third-order valence-electron chi connectivity index (χ3n) is 6.01. The van der Waals surface area contributed by atoms with E-state index in [4.69, 9.17) is 0 Å². The minimum absolute atomic E-state index is 0.106. The van der Waals surface area contributed by atoms with Crippen LogP contribution in [0.3, 0.4) is 0 Å². The van der Waals surface area contributed by atoms with Crippen LogP contribution in [0.2, 0.25) is 0 Å². The van der Waals surface area contributed by atoms with Crippen LogP contribution in [0.15, 0.2) is 72.8 Å². The van der Waals surface area contributed by atoms with Gasteiger partial charge in [-0.15, -0.1) is 0 Å². The van der Waals surface area contributed by atoms with Crippen LogP contribution in [0, 0.1) is 6.92 Å². The Morgan fingerprint density at radius 3 is 2.39 bits per heavy atom. The number of nitrogens with one attached hydrogen (secondary N) is 1. The summed E-state index contributed by atoms with van der Waals surface area (Å²) in [5.74, 6) is 0.0244. The minimum atomic E-state index is -0.352. The molecule has 3 aromatic rings. The van der Waals surface area contributed by atoms with E-state index in [0.717, 1.165) is 12.1 Å². The number of hydrogen-bond acceptors (Lipinski definition) is 2. The lowest BCUT2D eigenvalue weighted by molar-refractivity contribution is 0.0954. The highest BCUT2D eigenvalue weighted by atomic mass is 16.2. The maximum absolute atomic E-state index is 13.9. The highest BCUT2D eigenvalue weighted by Gasteiger charge is 2.40. The van der Waals surface area contributed by atoms with E-state index in [2.05, 4.69) is 45.1 Å². The summed E-state index contributed by atoms with van der Waals surface area (Å²) in [5.41, 5.74) is 4.54. The van der Waals surface area contributed by atoms with Gasteiger partial charge in [0.05, 0.1) is 11.3 Å². The van der Waals surface area contributed by atoms with E-state index in [9.17, 15) is 9.59 Å². The average molecular weight is 413 g/mol. The Balaban J connectivity index is 1.73. The molecule has 0 radical (unpaired) electrons. The lowest BCUT2D eigenvalue weighted by Gasteiger charge is -2.46. The second-order valence-electron chi connectivity index (χ2n) is 8.99. The summed E-state index contributed by atoms with van der Waals surface area (Å²) in [6.07, 6.45) is 0.869. The molecule has 3 aromatic carbocycles. The standard InChI is InChI=1S/C27H28N2O2/c1-18-14-15-24-22(16-18)19(2)17-27(3,4)29(24)26(31)21-12-8-9-13-23(21)28-25(30)20-10-6-5-7-11-20/h5-16,19H,17H2,1-4H3,(H,28,30). The molecule has 0 saturated carbocycles. The number of nitrogens with zero attached hydrogens (tertiary/aromatic N) is 1. The average Bonchev–Trinajstić information content (AvgIpc) is 2.74. The lowest BCUT2D eigenvalue weighted by Crippen LogP contribution is -2.51. The first-order chi connectivity index (χ1) is 14.8. The molecule has 31 heavy (non-hydrogen) atoms. The monoisotopic (exact) mass is 412 g/mol. The van der Waals surface area contributed by atoms with Crippen molar-refractivity contribution in [2.75, 3.05) is 10.2 Å². The fourth-order valence-corrected chi connectivity index (χ4v) is 4.62. The van der Waals surface area contributed by atoms with Gasteiger partial charge in [-0.25, -0.2) is 0 Å². The third kappa shape index (κ3) is 3.98. The highest BCUT2D eigenvalue weighted by Crippen LogP contribution is 2.44. The number of amides is 2. The van der Waals surface area contributed by atoms with Gasteiger partial charge < -0.3 is 10.2 Å². The number of fused-ring (bicyclic) bond motifs is 1. The van der Waals surface area contributed by atoms with Gasteiger partial charge in [0.15, 0.2) is 0 Å². The molecule has 0 fully saturated rings. The molecule has 1 N–H and O–H groups in total. The third-order valence-corrected chi connectivity index (χ3v) is 6.01. The van der Waals surface area contributed by atoms with Crippen molar-refractivity contribution in [3.05, 3.63) is 95.1 Å². The Morgan fingerprint density at radius 1 is 0.968 bits per heavy atom. The summed E-state index contributed by atoms with van der Waals surface area (Å²) in [5, 5.41) is 2.93. The first kappa shape index (κ1) is 20.9. The number of rotatable bonds is 3. The molecule has 0 bridgehead atoms. The quantitative estimate of drug-likeness (QED) is 0.558. The molecular weight excluding hydrogens is 384 g/mol. The maximum Gasteiger partial charge on any atom is 0.260 e. The Kier molecular flexibility index (Phi) is 5.40. The van der Waals surface area contributed by atoms with Crippen LogP contribution in [0.5, 0.6) is 0 Å². The number of hydrogen-bond donors (Lipinski definition) is 1. The molecule has 1 aliphatic rings. The summed E-state index contributed by atoms with van der Waals surface area (Å²) in [7, 11) is 0. The zero-order valence-corrected chi connectivity index (χ0v) is 18.5. The van der Waals surface area contributed by atoms with Crippen molar-refractivity contribution in [3.8, 4) is 0 Å². The molecule has 158 valence electrons. The molecule has 0 saturated heterocycles. The second-order valence-corrected chi connectivity index (χ2v) is 8.99. The van der Waals surface area contributed by atoms with Gasteiger partial charge in [-0.3, -0.25) is 9.59 Å². The van der Waals surface area contributed by atoms with Crippen LogP contribution in [0.25, 0.3) is 0 Å². The molecule has 0 aromatic heterocycles. The molecule has 1 aliphatic heterocycles. The van der Waals surface area contributed by atoms with Crippen LogP contribution < -0.4 is 10.2 Å². The molecule has 4 rings (SSSR count). The molecule has 2 amide bonds. The van der Waals surface area contributed by atoms with Gasteiger partial charge in [-0.2, -0.15) is 0 Å². The zero-order valence-electron chi connectivity index (χ0n) is 18.5. The highest BCUT2D eigenvalue weighted by molar-refractivity contribution is 6.14. The fourth-order valence-electron chi connectivity index (χ4n) is 4.62. The van der Waals surface area contributed by atoms with Crippen molar-refractivity contribution in [3.63, 3.8) is 0 Å². The summed E-state index contributed by atoms with van der Waals surface area (Å²) in [4.78, 5) is 28.5. The van der Waals surface area contributed by atoms with Crippen molar-refractivity contribution in [2.45, 2.75) is 45.6 Å². The molecule has 1 heterocycles. The van der Waals surface area contributed by atoms with Gasteiger partial charge in [0.25, 0.3) is 11.8 Å². The van der Waals surface area contributed by atoms with Crippen LogP contribution in [0.1, 0.15) is 65.0 Å². The van der Waals surface area contributed by atoms with Gasteiger partial charge in [0, 0.05) is 16.8 Å². The Hall–Kier alpha value is -3.40. The van der Waals surface area contributed by atoms with Crippen molar-refractivity contribution < 1.29 is 9.59 Å². The number of benzene rings is 3. The summed E-state index contributed by atoms with van der Waals surface area (Å²) in [6, 6.07) is 22.5. The number of anilines is 2. The number of carbonyl (C=O) groups excluding carboxylic acids is 2. The minimum Gasteiger partial charge on any atom is -0.321 e. The molecule has 0 spiro atoms. The Labute approximate surface area is 183 Å². The first-order valence-electron chi connectivity index (χ1n) is 10.7. The predicted octanol–water partition coefficient (Wildman–Crippen LogP) is 6.18. The normalized spacial score (nSPS) is 17.0. The van der Waals surface area contributed by atoms with Gasteiger partial charge in [-0.1, -0.05) is 55.0 Å². The maximum atomic E-state index is 13.9. The van der Waals surface area contributed by atoms with Crippen LogP contribution in [-0.2, 0) is 0 Å². The van der Waals surface area contributed by atoms with Crippen molar-refractivity contribution in [1.29, 1.82) is 0 Å². The second kappa shape index (κ2) is 8.03. The SMILES string of the molecule is Cc1ccc2c(c1)C(C)CC(C)(C)N2C(=O)c1ccccc1NC(=O)c1ccccc1. The van der Waals surface area contributed by atoms with Gasteiger partial charge in [0.1, 0.15) is 0 Å². The van der Waals surface area contributed by atoms with E-state index < -0.39 is 0 Å². The first-order valence-corrected chi connectivity index (χ1v) is 10.7. The van der Waals surface area contributed by atoms with Crippen LogP contribution >= 0.6 is 0 Å². The number of carbonyl (C=O) groups is 2. The smallest absolute Gasteiger partial charge is 0.260 e. The number of aryl methyl sites for hydroxylation is 1. The van der Waals surface area contributed by atoms with E-state index in [1.807, 2.05) is 41.3 Å². The zero-order chi connectivity index (χ0) is 22.2. The molecule has 1 atom stereocenters. The number of para-hydroxylation sites is 1. The van der Waals surface area contributed by atoms with Crippen molar-refractivity contribution in [2.24, 2.45) is 0 Å². The van der Waals surface area contributed by atoms with E-state index in [1.54, 1.807) is 24.3 Å². The van der Waals surface area contributed by atoms with Gasteiger partial charge >= 0.3 is 0 Å². The molecular formula is C27H28N2O2. The van der Waals surface area contributed by atoms with E-state index in [-0.39, 0.29) is 17.4 Å². The van der Waals surface area contributed by atoms with Crippen molar-refractivity contribution >= 4 is 23.2 Å². The lowest BCUT2D eigenvalue weighted by atomic mass is 9.79. The van der Waals surface area contributed by atoms with E-state index >= 15 is 0 Å². The van der Waals surface area contributed by atoms with E-state index in [1.165, 1.54) is 11.1 Å². The Bertz CT molecular complexity index is 1130. The van der Waals surface area contributed by atoms with Crippen LogP contribution in [0.4, 0.5) is 11.4 Å².